The van der Waals surface area contributed by atoms with E-state index in [1.165, 1.54) is 6.33 Å². The summed E-state index contributed by atoms with van der Waals surface area (Å²) in [5.74, 6) is -3.51. The van der Waals surface area contributed by atoms with Gasteiger partial charge in [0.2, 0.25) is 34.0 Å². The quantitative estimate of drug-likeness (QED) is 0.0224. The molecule has 9 rings (SSSR count). The summed E-state index contributed by atoms with van der Waals surface area (Å²) in [6, 6.07) is 18.4. The molecule has 2 aromatic carbocycles. The molecule has 3 atom stereocenters. The number of halogens is 5. The highest BCUT2D eigenvalue weighted by Crippen LogP contribution is 2.33. The Labute approximate surface area is 462 Å². The molecule has 414 valence electrons. The summed E-state index contributed by atoms with van der Waals surface area (Å²) >= 11 is 17.6. The molecule has 3 fully saturated rings. The summed E-state index contributed by atoms with van der Waals surface area (Å²) in [7, 11) is 0. The number of hydrogen-bond donors (Lipinski definition) is 6. The van der Waals surface area contributed by atoms with Crippen molar-refractivity contribution in [1.29, 1.82) is 0 Å². The van der Waals surface area contributed by atoms with Gasteiger partial charge in [-0.25, -0.2) is 29.2 Å². The van der Waals surface area contributed by atoms with Crippen LogP contribution in [0, 0.1) is 35.3 Å². The second-order valence-corrected chi connectivity index (χ2v) is 20.2. The lowest BCUT2D eigenvalue weighted by Gasteiger charge is -2.26. The summed E-state index contributed by atoms with van der Waals surface area (Å²) in [4.78, 5) is 76.1. The molecule has 3 aliphatic rings. The third-order valence-corrected chi connectivity index (χ3v) is 14.3. The van der Waals surface area contributed by atoms with Gasteiger partial charge in [0.05, 0.1) is 30.6 Å². The Bertz CT molecular complexity index is 2960. The van der Waals surface area contributed by atoms with Crippen molar-refractivity contribution in [3.63, 3.8) is 0 Å². The standard InChI is InChI=1S/C30H35ClFN11O3.C21H24Cl2FN5O3/c31-29-36-25(24(32)27(37-29)42-12-6-11-22(42)16-43-26-23(38-41-43)15-33-18-35-26)39-40-28(44)21(13-19-7-4-5-8-19)14-34-30(45)46-17-20-9-2-1-3-10-20;22-17-16(24)18(27-20(23)26-17)28-29-19(30)15(10-13-6-4-5-7-13)11-25-21(31)32-12-14-8-2-1-3-9-14/h1-3,9-10,15,18-19,21-22H,4-8,11-14,16-17H2,(H,34,45)(H,40,44)(H,36,37,39);1-3,8-9,13,15H,4-7,10-12H2,(H,25,31)(H,29,30)(H,26,27,28)/t21-,22+;15-/m11/s1. The number of amides is 4. The second-order valence-electron chi connectivity index (χ2n) is 19.2. The first-order valence-corrected chi connectivity index (χ1v) is 26.9. The Morgan fingerprint density at radius 2 is 1.19 bits per heavy atom. The van der Waals surface area contributed by atoms with Crippen molar-refractivity contribution >= 4 is 87.4 Å². The smallest absolute Gasteiger partial charge is 0.407 e. The average molecular weight is 1140 g/mol. The maximum atomic E-state index is 15.9. The van der Waals surface area contributed by atoms with Gasteiger partial charge < -0.3 is 25.0 Å². The number of ether oxygens (including phenoxy) is 2. The van der Waals surface area contributed by atoms with Gasteiger partial charge in [-0.05, 0) is 71.8 Å². The van der Waals surface area contributed by atoms with E-state index in [2.05, 4.69) is 72.6 Å². The number of carbonyl (C=O) groups is 4. The molecular formula is C51H59Cl3F2N16O6. The Morgan fingerprint density at radius 1 is 0.667 bits per heavy atom. The van der Waals surface area contributed by atoms with Crippen molar-refractivity contribution in [2.75, 3.05) is 35.4 Å². The monoisotopic (exact) mass is 1130 g/mol. The Morgan fingerprint density at radius 3 is 1.74 bits per heavy atom. The fourth-order valence-electron chi connectivity index (χ4n) is 9.79. The maximum Gasteiger partial charge on any atom is 0.407 e. The van der Waals surface area contributed by atoms with Gasteiger partial charge in [-0.3, -0.25) is 31.3 Å². The number of rotatable bonds is 21. The number of fused-ring (bicyclic) bond motifs is 1. The molecule has 6 aromatic rings. The highest BCUT2D eigenvalue weighted by molar-refractivity contribution is 6.32. The SMILES string of the molecule is O=C(NC[C@@H](CC1CCCC1)C(=O)NNc1nc(Cl)nc(Cl)c1F)OCc1ccccc1.O=C(NC[C@@H](CC1CCCC1)C(=O)NNc1nc(Cl)nc(N2CCC[C@H]2Cn2nnc3cncnc32)c1F)OCc1ccccc1. The molecule has 2 saturated carbocycles. The first-order valence-electron chi connectivity index (χ1n) is 25.7. The number of hydrazine groups is 2. The number of carbonyl (C=O) groups excluding carboxylic acids is 4. The molecule has 1 saturated heterocycles. The topological polar surface area (TPSA) is 270 Å². The fraction of sp³-hybridized carbons (Fsp3) is 0.451. The summed E-state index contributed by atoms with van der Waals surface area (Å²) in [6.45, 7) is 1.32. The number of alkyl carbamates (subject to hydrolysis) is 2. The van der Waals surface area contributed by atoms with Crippen molar-refractivity contribution in [2.45, 2.75) is 103 Å². The summed E-state index contributed by atoms with van der Waals surface area (Å²) in [6.07, 6.45) is 13.0. The Kier molecular flexibility index (Phi) is 20.7. The highest BCUT2D eigenvalue weighted by Gasteiger charge is 2.33. The van der Waals surface area contributed by atoms with Crippen molar-refractivity contribution < 1.29 is 37.4 Å². The molecule has 78 heavy (non-hydrogen) atoms. The molecule has 6 N–H and O–H groups in total. The van der Waals surface area contributed by atoms with Crippen LogP contribution >= 0.6 is 34.8 Å². The molecule has 22 nitrogen and oxygen atoms in total. The van der Waals surface area contributed by atoms with Crippen molar-refractivity contribution in [3.8, 4) is 0 Å². The zero-order chi connectivity index (χ0) is 54.8. The molecule has 0 spiro atoms. The maximum absolute atomic E-state index is 15.9. The largest absolute Gasteiger partial charge is 0.445 e. The lowest BCUT2D eigenvalue weighted by atomic mass is 9.92. The van der Waals surface area contributed by atoms with Gasteiger partial charge in [-0.1, -0.05) is 129 Å². The van der Waals surface area contributed by atoms with E-state index in [1.54, 1.807) is 10.9 Å². The van der Waals surface area contributed by atoms with E-state index in [9.17, 15) is 23.6 Å². The van der Waals surface area contributed by atoms with Crippen molar-refractivity contribution in [2.24, 2.45) is 23.7 Å². The summed E-state index contributed by atoms with van der Waals surface area (Å²) in [5, 5.41) is 12.7. The number of nitrogens with one attached hydrogen (secondary N) is 6. The molecule has 1 aliphatic heterocycles. The zero-order valence-electron chi connectivity index (χ0n) is 42.4. The first kappa shape index (κ1) is 56.9. The minimum atomic E-state index is -0.939. The predicted molar refractivity (Wildman–Crippen MR) is 285 cm³/mol. The number of nitrogens with zero attached hydrogens (tertiary/aromatic N) is 10. The van der Waals surface area contributed by atoms with Gasteiger partial charge in [-0.15, -0.1) is 5.10 Å². The predicted octanol–water partition coefficient (Wildman–Crippen LogP) is 8.53. The van der Waals surface area contributed by atoms with E-state index < -0.39 is 52.6 Å². The van der Waals surface area contributed by atoms with E-state index >= 15 is 4.39 Å². The number of hydrogen-bond acceptors (Lipinski definition) is 17. The first-order chi connectivity index (χ1) is 37.9. The van der Waals surface area contributed by atoms with Crippen LogP contribution in [0.15, 0.2) is 73.2 Å². The second kappa shape index (κ2) is 28.4. The van der Waals surface area contributed by atoms with Crippen LogP contribution in [0.5, 0.6) is 0 Å². The average Bonchev–Trinajstić information content (AvgIpc) is 4.38. The van der Waals surface area contributed by atoms with Crippen LogP contribution in [0.2, 0.25) is 15.7 Å². The molecule has 4 amide bonds. The minimum Gasteiger partial charge on any atom is -0.445 e. The van der Waals surface area contributed by atoms with Gasteiger partial charge in [0.25, 0.3) is 0 Å². The van der Waals surface area contributed by atoms with Crippen LogP contribution in [0.1, 0.15) is 88.2 Å². The van der Waals surface area contributed by atoms with Crippen LogP contribution in [0.3, 0.4) is 0 Å². The Hall–Kier alpha value is -7.31. The van der Waals surface area contributed by atoms with E-state index in [1.807, 2.05) is 65.6 Å². The van der Waals surface area contributed by atoms with Gasteiger partial charge >= 0.3 is 12.2 Å². The van der Waals surface area contributed by atoms with Crippen LogP contribution in [-0.4, -0.2) is 94.6 Å². The molecule has 0 radical (unpaired) electrons. The van der Waals surface area contributed by atoms with Gasteiger partial charge in [0.15, 0.2) is 33.8 Å². The molecule has 4 aromatic heterocycles. The van der Waals surface area contributed by atoms with Crippen LogP contribution in [0.25, 0.3) is 11.2 Å². The molecule has 0 unspecified atom stereocenters. The number of anilines is 3. The number of aromatic nitrogens is 9. The van der Waals surface area contributed by atoms with E-state index in [4.69, 9.17) is 44.3 Å². The highest BCUT2D eigenvalue weighted by atomic mass is 35.5. The zero-order valence-corrected chi connectivity index (χ0v) is 44.6. The fourth-order valence-corrected chi connectivity index (χ4v) is 10.3. The van der Waals surface area contributed by atoms with Crippen LogP contribution in [-0.2, 0) is 38.8 Å². The lowest BCUT2D eigenvalue weighted by Crippen LogP contribution is -2.42. The van der Waals surface area contributed by atoms with Crippen LogP contribution in [0.4, 0.5) is 35.8 Å². The van der Waals surface area contributed by atoms with Gasteiger partial charge in [0, 0.05) is 19.6 Å². The van der Waals surface area contributed by atoms with Crippen molar-refractivity contribution in [1.82, 2.24) is 66.4 Å². The van der Waals surface area contributed by atoms with E-state index in [-0.39, 0.29) is 60.4 Å². The van der Waals surface area contributed by atoms with Gasteiger partial charge in [0.1, 0.15) is 19.5 Å². The number of benzene rings is 2. The summed E-state index contributed by atoms with van der Waals surface area (Å²) in [5.41, 5.74) is 12.9. The van der Waals surface area contributed by atoms with Crippen molar-refractivity contribution in [3.05, 3.63) is 112 Å². The third-order valence-electron chi connectivity index (χ3n) is 13.7. The van der Waals surface area contributed by atoms with E-state index in [0.717, 1.165) is 75.3 Å². The molecule has 0 bridgehead atoms. The Balaban J connectivity index is 0.000000220. The van der Waals surface area contributed by atoms with Crippen LogP contribution < -0.4 is 37.2 Å². The van der Waals surface area contributed by atoms with E-state index in [0.29, 0.717) is 48.9 Å². The molecular weight excluding hydrogens is 1080 g/mol. The molecule has 27 heteroatoms. The summed E-state index contributed by atoms with van der Waals surface area (Å²) < 4.78 is 42.1. The lowest BCUT2D eigenvalue weighted by molar-refractivity contribution is -0.125. The normalized spacial score (nSPS) is 16.2. The third kappa shape index (κ3) is 16.4. The molecule has 2 aliphatic carbocycles. The minimum absolute atomic E-state index is 0.0172. The van der Waals surface area contributed by atoms with Gasteiger partial charge in [-0.2, -0.15) is 23.7 Å². The molecule has 5 heterocycles.